The minimum absolute atomic E-state index is 0.0489. The van der Waals surface area contributed by atoms with Crippen LogP contribution in [0.1, 0.15) is 17.2 Å². The van der Waals surface area contributed by atoms with Crippen molar-refractivity contribution in [2.24, 2.45) is 0 Å². The van der Waals surface area contributed by atoms with E-state index in [0.717, 1.165) is 18.5 Å². The molecule has 1 unspecified atom stereocenters. The van der Waals surface area contributed by atoms with Crippen LogP contribution in [0.25, 0.3) is 0 Å². The van der Waals surface area contributed by atoms with Gasteiger partial charge in [-0.05, 0) is 24.1 Å². The average molecular weight is 362 g/mol. The third-order valence-corrected chi connectivity index (χ3v) is 5.73. The van der Waals surface area contributed by atoms with Crippen LogP contribution in [0.3, 0.4) is 0 Å². The lowest BCUT2D eigenvalue weighted by atomic mass is 9.95. The van der Waals surface area contributed by atoms with E-state index < -0.39 is 10.0 Å². The number of ether oxygens (including phenoxy) is 2. The number of hydrogen-bond donors (Lipinski definition) is 2. The van der Waals surface area contributed by atoms with Crippen molar-refractivity contribution in [2.45, 2.75) is 17.4 Å². The van der Waals surface area contributed by atoms with Gasteiger partial charge in [-0.3, -0.25) is 0 Å². The first-order valence-corrected chi connectivity index (χ1v) is 9.56. The highest BCUT2D eigenvalue weighted by atomic mass is 32.2. The van der Waals surface area contributed by atoms with Crippen LogP contribution >= 0.6 is 0 Å². The number of fused-ring (bicyclic) bond motifs is 1. The van der Waals surface area contributed by atoms with Crippen LogP contribution in [0.2, 0.25) is 0 Å². The fourth-order valence-electron chi connectivity index (χ4n) is 2.99. The van der Waals surface area contributed by atoms with Crippen molar-refractivity contribution >= 4 is 10.0 Å². The van der Waals surface area contributed by atoms with E-state index in [2.05, 4.69) is 16.1 Å². The summed E-state index contributed by atoms with van der Waals surface area (Å²) in [6.07, 6.45) is 0.951. The van der Waals surface area contributed by atoms with E-state index in [0.29, 0.717) is 11.5 Å². The molecular formula is C18H22N2O4S. The Balaban J connectivity index is 1.79. The molecule has 0 saturated carbocycles. The Hall–Kier alpha value is -2.09. The molecule has 0 aliphatic carbocycles. The Bertz CT molecular complexity index is 830. The molecule has 2 N–H and O–H groups in total. The highest BCUT2D eigenvalue weighted by molar-refractivity contribution is 7.89. The smallest absolute Gasteiger partial charge is 0.240 e. The molecular weight excluding hydrogens is 340 g/mol. The van der Waals surface area contributed by atoms with E-state index in [9.17, 15) is 8.42 Å². The van der Waals surface area contributed by atoms with Crippen molar-refractivity contribution in [3.05, 3.63) is 53.6 Å². The molecule has 1 atom stereocenters. The molecule has 3 rings (SSSR count). The normalized spacial score (nSPS) is 17.0. The van der Waals surface area contributed by atoms with E-state index in [1.54, 1.807) is 6.07 Å². The molecule has 0 fully saturated rings. The summed E-state index contributed by atoms with van der Waals surface area (Å²) in [6.45, 7) is 1.11. The molecule has 2 aromatic carbocycles. The summed E-state index contributed by atoms with van der Waals surface area (Å²) in [7, 11) is -0.702. The number of benzene rings is 2. The van der Waals surface area contributed by atoms with E-state index in [1.165, 1.54) is 31.9 Å². The summed E-state index contributed by atoms with van der Waals surface area (Å²) >= 11 is 0. The highest BCUT2D eigenvalue weighted by Gasteiger charge is 2.23. The summed E-state index contributed by atoms with van der Waals surface area (Å²) in [4.78, 5) is 0.118. The maximum atomic E-state index is 12.7. The molecule has 0 aromatic heterocycles. The quantitative estimate of drug-likeness (QED) is 0.820. The van der Waals surface area contributed by atoms with Gasteiger partial charge in [0.1, 0.15) is 11.5 Å². The highest BCUT2D eigenvalue weighted by Crippen LogP contribution is 2.26. The van der Waals surface area contributed by atoms with Gasteiger partial charge in [0.15, 0.2) is 0 Å². The van der Waals surface area contributed by atoms with Gasteiger partial charge in [-0.1, -0.05) is 24.3 Å². The van der Waals surface area contributed by atoms with Crippen LogP contribution in [0.15, 0.2) is 47.4 Å². The lowest BCUT2D eigenvalue weighted by Gasteiger charge is -2.27. The van der Waals surface area contributed by atoms with Gasteiger partial charge in [0, 0.05) is 30.8 Å². The maximum Gasteiger partial charge on any atom is 0.240 e. The van der Waals surface area contributed by atoms with Crippen molar-refractivity contribution in [3.63, 3.8) is 0 Å². The zero-order valence-electron chi connectivity index (χ0n) is 14.3. The molecule has 0 bridgehead atoms. The predicted molar refractivity (Wildman–Crippen MR) is 95.6 cm³/mol. The van der Waals surface area contributed by atoms with Crippen molar-refractivity contribution in [3.8, 4) is 11.5 Å². The topological polar surface area (TPSA) is 76.7 Å². The predicted octanol–water partition coefficient (Wildman–Crippen LogP) is 1.87. The Labute approximate surface area is 148 Å². The van der Waals surface area contributed by atoms with Crippen LogP contribution in [0.5, 0.6) is 11.5 Å². The number of sulfonamides is 1. The largest absolute Gasteiger partial charge is 0.497 e. The van der Waals surface area contributed by atoms with Crippen molar-refractivity contribution in [1.29, 1.82) is 0 Å². The molecule has 2 aromatic rings. The van der Waals surface area contributed by atoms with Crippen LogP contribution in [-0.2, 0) is 16.4 Å². The number of methoxy groups -OCH3 is 2. The average Bonchev–Trinajstić information content (AvgIpc) is 2.65. The first kappa shape index (κ1) is 17.7. The Kier molecular flexibility index (Phi) is 5.27. The van der Waals surface area contributed by atoms with E-state index >= 15 is 0 Å². The number of hydrogen-bond acceptors (Lipinski definition) is 5. The van der Waals surface area contributed by atoms with Gasteiger partial charge in [-0.15, -0.1) is 0 Å². The van der Waals surface area contributed by atoms with E-state index in [1.807, 2.05) is 18.2 Å². The van der Waals surface area contributed by atoms with Gasteiger partial charge < -0.3 is 14.8 Å². The van der Waals surface area contributed by atoms with Crippen molar-refractivity contribution < 1.29 is 17.9 Å². The van der Waals surface area contributed by atoms with Gasteiger partial charge >= 0.3 is 0 Å². The van der Waals surface area contributed by atoms with Crippen LogP contribution in [-0.4, -0.2) is 35.7 Å². The van der Waals surface area contributed by atoms with E-state index in [4.69, 9.17) is 9.47 Å². The fraction of sp³-hybridized carbons (Fsp3) is 0.333. The molecule has 25 heavy (non-hydrogen) atoms. The molecule has 6 nitrogen and oxygen atoms in total. The SMILES string of the molecule is COc1cc(OC)cc(S(=O)(=O)NCC2NCCc3ccccc32)c1. The molecule has 0 spiro atoms. The third-order valence-electron chi connectivity index (χ3n) is 4.33. The Morgan fingerprint density at radius 3 is 2.48 bits per heavy atom. The summed E-state index contributed by atoms with van der Waals surface area (Å²) < 4.78 is 38.3. The van der Waals surface area contributed by atoms with Crippen LogP contribution < -0.4 is 19.5 Å². The molecule has 1 heterocycles. The lowest BCUT2D eigenvalue weighted by Crippen LogP contribution is -2.38. The molecule has 1 aliphatic rings. The molecule has 0 saturated heterocycles. The lowest BCUT2D eigenvalue weighted by molar-refractivity contribution is 0.392. The molecule has 7 heteroatoms. The van der Waals surface area contributed by atoms with Gasteiger partial charge in [0.25, 0.3) is 0 Å². The fourth-order valence-corrected chi connectivity index (χ4v) is 4.08. The summed E-state index contributed by atoms with van der Waals surface area (Å²) in [5.74, 6) is 0.863. The Morgan fingerprint density at radius 2 is 1.80 bits per heavy atom. The minimum Gasteiger partial charge on any atom is -0.497 e. The van der Waals surface area contributed by atoms with Crippen LogP contribution in [0, 0.1) is 0 Å². The van der Waals surface area contributed by atoms with Gasteiger partial charge in [0.05, 0.1) is 19.1 Å². The first-order valence-electron chi connectivity index (χ1n) is 8.07. The second-order valence-electron chi connectivity index (χ2n) is 5.86. The molecule has 0 amide bonds. The summed E-state index contributed by atoms with van der Waals surface area (Å²) in [6, 6.07) is 12.7. The van der Waals surface area contributed by atoms with Crippen LogP contribution in [0.4, 0.5) is 0 Å². The minimum atomic E-state index is -3.68. The van der Waals surface area contributed by atoms with Crippen molar-refractivity contribution in [2.75, 3.05) is 27.3 Å². The maximum absolute atomic E-state index is 12.7. The van der Waals surface area contributed by atoms with E-state index in [-0.39, 0.29) is 17.5 Å². The monoisotopic (exact) mass is 362 g/mol. The second-order valence-corrected chi connectivity index (χ2v) is 7.62. The second kappa shape index (κ2) is 7.43. The first-order chi connectivity index (χ1) is 12.0. The standard InChI is InChI=1S/C18H22N2O4S/c1-23-14-9-15(24-2)11-16(10-14)25(21,22)20-12-18-17-6-4-3-5-13(17)7-8-19-18/h3-6,9-11,18-20H,7-8,12H2,1-2H3. The zero-order chi connectivity index (χ0) is 17.9. The zero-order valence-corrected chi connectivity index (χ0v) is 15.1. The third kappa shape index (κ3) is 3.95. The number of nitrogens with one attached hydrogen (secondary N) is 2. The van der Waals surface area contributed by atoms with Gasteiger partial charge in [0.2, 0.25) is 10.0 Å². The summed E-state index contributed by atoms with van der Waals surface area (Å²) in [5, 5.41) is 3.37. The molecule has 1 aliphatic heterocycles. The number of rotatable bonds is 6. The molecule has 0 radical (unpaired) electrons. The Morgan fingerprint density at radius 1 is 1.12 bits per heavy atom. The van der Waals surface area contributed by atoms with Gasteiger partial charge in [-0.25, -0.2) is 13.1 Å². The van der Waals surface area contributed by atoms with Gasteiger partial charge in [-0.2, -0.15) is 0 Å². The molecule has 134 valence electrons. The summed E-state index contributed by atoms with van der Waals surface area (Å²) in [5.41, 5.74) is 2.40. The van der Waals surface area contributed by atoms with Crippen molar-refractivity contribution in [1.82, 2.24) is 10.0 Å².